The van der Waals surface area contributed by atoms with E-state index in [-0.39, 0.29) is 6.17 Å². The monoisotopic (exact) mass is 152 g/mol. The largest absolute Gasteiger partial charge is 0.384 e. The molecule has 11 heavy (non-hydrogen) atoms. The van der Waals surface area contributed by atoms with E-state index in [1.54, 1.807) is 12.1 Å². The van der Waals surface area contributed by atoms with E-state index in [2.05, 4.69) is 20.6 Å². The third-order valence-corrected chi connectivity index (χ3v) is 1.60. The lowest BCUT2D eigenvalue weighted by Gasteiger charge is -2.16. The topological polar surface area (TPSA) is 78.4 Å². The lowest BCUT2D eigenvalue weighted by Crippen LogP contribution is -2.31. The first kappa shape index (κ1) is 6.14. The minimum absolute atomic E-state index is 0.235. The summed E-state index contributed by atoms with van der Waals surface area (Å²) in [6, 6.07) is 0. The molecular formula is C5H8N6. The quantitative estimate of drug-likeness (QED) is 0.485. The number of aliphatic imine (C=N–C) groups is 1. The Labute approximate surface area is 63.5 Å². The van der Waals surface area contributed by atoms with Gasteiger partial charge in [-0.15, -0.1) is 5.11 Å². The van der Waals surface area contributed by atoms with Gasteiger partial charge in [-0.25, -0.2) is 10.0 Å². The van der Waals surface area contributed by atoms with Crippen LogP contribution < -0.4 is 11.1 Å². The fraction of sp³-hybridized carbons (Fsp3) is 0.400. The Balaban J connectivity index is 2.39. The van der Waals surface area contributed by atoms with Crippen LogP contribution in [0.25, 0.3) is 0 Å². The van der Waals surface area contributed by atoms with Crippen molar-refractivity contribution in [2.75, 3.05) is 7.05 Å². The second-order valence-electron chi connectivity index (χ2n) is 2.32. The number of fused-ring (bicyclic) bond motifs is 1. The van der Waals surface area contributed by atoms with Crippen molar-refractivity contribution in [2.45, 2.75) is 6.17 Å². The van der Waals surface area contributed by atoms with Crippen LogP contribution in [0.1, 0.15) is 0 Å². The maximum absolute atomic E-state index is 5.63. The molecule has 0 aromatic rings. The van der Waals surface area contributed by atoms with Gasteiger partial charge in [0.05, 0.1) is 6.34 Å². The van der Waals surface area contributed by atoms with Gasteiger partial charge in [-0.2, -0.15) is 0 Å². The molecular weight excluding hydrogens is 144 g/mol. The standard InChI is InChI=1S/C5H8N6/c1-11-3-4(6)7-2-8-5(3)9-10-11/h2,5H,6H2,1H3,(H,7,8). The molecule has 6 heteroatoms. The summed E-state index contributed by atoms with van der Waals surface area (Å²) in [5, 5.41) is 12.1. The van der Waals surface area contributed by atoms with Gasteiger partial charge in [-0.05, 0) is 0 Å². The second-order valence-corrected chi connectivity index (χ2v) is 2.32. The zero-order chi connectivity index (χ0) is 7.84. The minimum atomic E-state index is -0.235. The number of hydrogen-bond donors (Lipinski definition) is 2. The van der Waals surface area contributed by atoms with Crippen LogP contribution in [0.15, 0.2) is 26.8 Å². The summed E-state index contributed by atoms with van der Waals surface area (Å²) in [5.74, 6) is 0.567. The molecule has 2 rings (SSSR count). The Bertz CT molecular complexity index is 264. The Hall–Kier alpha value is -1.59. The van der Waals surface area contributed by atoms with Crippen LogP contribution in [0.5, 0.6) is 0 Å². The van der Waals surface area contributed by atoms with Crippen LogP contribution in [-0.2, 0) is 0 Å². The van der Waals surface area contributed by atoms with E-state index >= 15 is 0 Å². The highest BCUT2D eigenvalue weighted by Crippen LogP contribution is 2.22. The summed E-state index contributed by atoms with van der Waals surface area (Å²) < 4.78 is 0. The summed E-state index contributed by atoms with van der Waals surface area (Å²) >= 11 is 0. The first-order valence-corrected chi connectivity index (χ1v) is 3.21. The number of nitrogens with one attached hydrogen (secondary N) is 1. The van der Waals surface area contributed by atoms with Gasteiger partial charge < -0.3 is 11.1 Å². The van der Waals surface area contributed by atoms with Crippen molar-refractivity contribution >= 4 is 6.34 Å². The lowest BCUT2D eigenvalue weighted by molar-refractivity contribution is 0.442. The van der Waals surface area contributed by atoms with Crippen LogP contribution in [0.4, 0.5) is 0 Å². The van der Waals surface area contributed by atoms with E-state index in [0.29, 0.717) is 5.82 Å². The molecule has 0 fully saturated rings. The van der Waals surface area contributed by atoms with Crippen molar-refractivity contribution < 1.29 is 0 Å². The second kappa shape index (κ2) is 1.94. The average Bonchev–Trinajstić information content (AvgIpc) is 2.34. The Morgan fingerprint density at radius 1 is 1.73 bits per heavy atom. The zero-order valence-electron chi connectivity index (χ0n) is 6.02. The molecule has 58 valence electrons. The van der Waals surface area contributed by atoms with Crippen LogP contribution >= 0.6 is 0 Å². The predicted molar refractivity (Wildman–Crippen MR) is 39.2 cm³/mol. The van der Waals surface area contributed by atoms with Crippen molar-refractivity contribution in [3.05, 3.63) is 11.5 Å². The highest BCUT2D eigenvalue weighted by molar-refractivity contribution is 5.60. The molecule has 0 amide bonds. The molecule has 0 saturated carbocycles. The van der Waals surface area contributed by atoms with Gasteiger partial charge in [-0.1, -0.05) is 5.22 Å². The van der Waals surface area contributed by atoms with E-state index < -0.39 is 0 Å². The molecule has 0 aromatic heterocycles. The summed E-state index contributed by atoms with van der Waals surface area (Å²) in [5.41, 5.74) is 6.44. The number of nitrogens with two attached hydrogens (primary N) is 1. The number of rotatable bonds is 0. The molecule has 2 aliphatic rings. The molecule has 0 aromatic carbocycles. The molecule has 0 radical (unpaired) electrons. The van der Waals surface area contributed by atoms with Gasteiger partial charge in [0.2, 0.25) is 6.17 Å². The fourth-order valence-electron chi connectivity index (χ4n) is 1.06. The Morgan fingerprint density at radius 3 is 3.27 bits per heavy atom. The van der Waals surface area contributed by atoms with Gasteiger partial charge in [0.1, 0.15) is 11.5 Å². The van der Waals surface area contributed by atoms with Crippen molar-refractivity contribution in [1.82, 2.24) is 10.3 Å². The normalized spacial score (nSPS) is 27.4. The first-order valence-electron chi connectivity index (χ1n) is 3.21. The first-order chi connectivity index (χ1) is 5.29. The Morgan fingerprint density at radius 2 is 2.55 bits per heavy atom. The van der Waals surface area contributed by atoms with Gasteiger partial charge in [-0.3, -0.25) is 0 Å². The maximum atomic E-state index is 5.63. The van der Waals surface area contributed by atoms with Crippen molar-refractivity contribution in [3.8, 4) is 0 Å². The average molecular weight is 152 g/mol. The molecule has 0 spiro atoms. The number of nitrogens with zero attached hydrogens (tertiary/aromatic N) is 4. The molecule has 1 unspecified atom stereocenters. The molecule has 2 aliphatic heterocycles. The van der Waals surface area contributed by atoms with E-state index in [4.69, 9.17) is 5.73 Å². The maximum Gasteiger partial charge on any atom is 0.209 e. The summed E-state index contributed by atoms with van der Waals surface area (Å²) in [6.45, 7) is 0. The summed E-state index contributed by atoms with van der Waals surface area (Å²) in [4.78, 5) is 4.02. The lowest BCUT2D eigenvalue weighted by atomic mass is 10.3. The van der Waals surface area contributed by atoms with Crippen molar-refractivity contribution in [2.24, 2.45) is 21.1 Å². The zero-order valence-corrected chi connectivity index (χ0v) is 6.02. The smallest absolute Gasteiger partial charge is 0.209 e. The third-order valence-electron chi connectivity index (χ3n) is 1.60. The van der Waals surface area contributed by atoms with Gasteiger partial charge >= 0.3 is 0 Å². The summed E-state index contributed by atoms with van der Waals surface area (Å²) in [7, 11) is 1.79. The van der Waals surface area contributed by atoms with Crippen LogP contribution in [0.3, 0.4) is 0 Å². The molecule has 3 N–H and O–H groups in total. The summed E-state index contributed by atoms with van der Waals surface area (Å²) in [6.07, 6.45) is 1.29. The minimum Gasteiger partial charge on any atom is -0.384 e. The van der Waals surface area contributed by atoms with Gasteiger partial charge in [0.25, 0.3) is 0 Å². The van der Waals surface area contributed by atoms with Crippen LogP contribution in [0, 0.1) is 0 Å². The van der Waals surface area contributed by atoms with Gasteiger partial charge in [0.15, 0.2) is 0 Å². The molecule has 2 heterocycles. The van der Waals surface area contributed by atoms with Crippen molar-refractivity contribution in [1.29, 1.82) is 0 Å². The van der Waals surface area contributed by atoms with E-state index in [1.165, 1.54) is 6.34 Å². The fourth-order valence-corrected chi connectivity index (χ4v) is 1.06. The highest BCUT2D eigenvalue weighted by atomic mass is 15.6. The van der Waals surface area contributed by atoms with Gasteiger partial charge in [0, 0.05) is 7.05 Å². The van der Waals surface area contributed by atoms with Crippen LogP contribution in [-0.4, -0.2) is 24.6 Å². The van der Waals surface area contributed by atoms with E-state index in [1.807, 2.05) is 0 Å². The van der Waals surface area contributed by atoms with Crippen LogP contribution in [0.2, 0.25) is 0 Å². The molecule has 0 saturated heterocycles. The van der Waals surface area contributed by atoms with Crippen molar-refractivity contribution in [3.63, 3.8) is 0 Å². The SMILES string of the molecule is CN1N=NC2N=CNC(N)=C21. The van der Waals surface area contributed by atoms with E-state index in [0.717, 1.165) is 5.70 Å². The Kier molecular flexibility index (Phi) is 1.09. The predicted octanol–water partition coefficient (Wildman–Crippen LogP) is -0.616. The van der Waals surface area contributed by atoms with E-state index in [9.17, 15) is 0 Å². The molecule has 0 aliphatic carbocycles. The molecule has 6 nitrogen and oxygen atoms in total. The highest BCUT2D eigenvalue weighted by Gasteiger charge is 2.27. The number of hydrogen-bond acceptors (Lipinski definition) is 6. The molecule has 1 atom stereocenters. The third kappa shape index (κ3) is 0.754. The molecule has 0 bridgehead atoms. The number of likely N-dealkylation sites (N-methyl/N-ethyl adjacent to an activating group) is 1.